The van der Waals surface area contributed by atoms with Crippen LogP contribution in [0.5, 0.6) is 0 Å². The fraction of sp³-hybridized carbons (Fsp3) is 0.238. The van der Waals surface area contributed by atoms with E-state index in [1.54, 1.807) is 0 Å². The SMILES string of the molecule is CCCNc1nc(NCc2ccccc2C)cc(-c2ccccc2)n1. The van der Waals surface area contributed by atoms with Gasteiger partial charge in [-0.05, 0) is 24.5 Å². The normalized spacial score (nSPS) is 10.5. The summed E-state index contributed by atoms with van der Waals surface area (Å²) >= 11 is 0. The van der Waals surface area contributed by atoms with Crippen molar-refractivity contribution in [1.82, 2.24) is 9.97 Å². The molecule has 0 saturated heterocycles. The van der Waals surface area contributed by atoms with Crippen LogP contribution in [0.3, 0.4) is 0 Å². The zero-order valence-electron chi connectivity index (χ0n) is 14.8. The van der Waals surface area contributed by atoms with Gasteiger partial charge in [-0.3, -0.25) is 0 Å². The van der Waals surface area contributed by atoms with Crippen LogP contribution < -0.4 is 10.6 Å². The molecule has 0 aliphatic heterocycles. The van der Waals surface area contributed by atoms with E-state index in [4.69, 9.17) is 0 Å². The van der Waals surface area contributed by atoms with Gasteiger partial charge in [0.2, 0.25) is 5.95 Å². The lowest BCUT2D eigenvalue weighted by Crippen LogP contribution is -2.09. The zero-order chi connectivity index (χ0) is 17.5. The largest absolute Gasteiger partial charge is 0.366 e. The van der Waals surface area contributed by atoms with Gasteiger partial charge in [0, 0.05) is 24.7 Å². The third-order valence-electron chi connectivity index (χ3n) is 4.05. The molecule has 128 valence electrons. The van der Waals surface area contributed by atoms with Crippen molar-refractivity contribution in [3.05, 3.63) is 71.8 Å². The van der Waals surface area contributed by atoms with E-state index in [0.717, 1.165) is 36.6 Å². The molecule has 0 aliphatic rings. The van der Waals surface area contributed by atoms with Gasteiger partial charge in [0.15, 0.2) is 0 Å². The van der Waals surface area contributed by atoms with E-state index in [1.165, 1.54) is 11.1 Å². The van der Waals surface area contributed by atoms with Gasteiger partial charge < -0.3 is 10.6 Å². The predicted molar refractivity (Wildman–Crippen MR) is 105 cm³/mol. The van der Waals surface area contributed by atoms with E-state index in [-0.39, 0.29) is 0 Å². The Morgan fingerprint density at radius 2 is 1.64 bits per heavy atom. The van der Waals surface area contributed by atoms with E-state index in [1.807, 2.05) is 24.3 Å². The maximum absolute atomic E-state index is 4.65. The fourth-order valence-corrected chi connectivity index (χ4v) is 2.60. The van der Waals surface area contributed by atoms with Crippen molar-refractivity contribution >= 4 is 11.8 Å². The molecule has 1 heterocycles. The number of hydrogen-bond donors (Lipinski definition) is 2. The van der Waals surface area contributed by atoms with E-state index >= 15 is 0 Å². The van der Waals surface area contributed by atoms with Gasteiger partial charge >= 0.3 is 0 Å². The number of nitrogens with zero attached hydrogens (tertiary/aromatic N) is 2. The summed E-state index contributed by atoms with van der Waals surface area (Å²) in [5, 5.41) is 6.73. The Morgan fingerprint density at radius 1 is 0.880 bits per heavy atom. The first-order valence-corrected chi connectivity index (χ1v) is 8.73. The molecule has 1 aromatic heterocycles. The first-order chi connectivity index (χ1) is 12.3. The van der Waals surface area contributed by atoms with Gasteiger partial charge in [-0.15, -0.1) is 0 Å². The van der Waals surface area contributed by atoms with E-state index in [0.29, 0.717) is 5.95 Å². The average molecular weight is 332 g/mol. The zero-order valence-corrected chi connectivity index (χ0v) is 14.8. The number of anilines is 2. The molecule has 2 N–H and O–H groups in total. The highest BCUT2D eigenvalue weighted by Gasteiger charge is 2.07. The summed E-state index contributed by atoms with van der Waals surface area (Å²) in [5.41, 5.74) is 4.55. The quantitative estimate of drug-likeness (QED) is 0.647. The Labute approximate surface area is 149 Å². The molecule has 3 rings (SSSR count). The number of aryl methyl sites for hydroxylation is 1. The lowest BCUT2D eigenvalue weighted by atomic mass is 10.1. The van der Waals surface area contributed by atoms with Crippen molar-refractivity contribution in [3.63, 3.8) is 0 Å². The van der Waals surface area contributed by atoms with E-state index in [9.17, 15) is 0 Å². The molecule has 3 aromatic rings. The second kappa shape index (κ2) is 8.29. The monoisotopic (exact) mass is 332 g/mol. The first-order valence-electron chi connectivity index (χ1n) is 8.73. The first kappa shape index (κ1) is 17.0. The standard InChI is InChI=1S/C21H24N4/c1-3-13-22-21-24-19(17-10-5-4-6-11-17)14-20(25-21)23-15-18-12-8-7-9-16(18)2/h4-12,14H,3,13,15H2,1-2H3,(H2,22,23,24,25). The number of nitrogens with one attached hydrogen (secondary N) is 2. The van der Waals surface area contributed by atoms with Crippen LogP contribution in [0.2, 0.25) is 0 Å². The minimum atomic E-state index is 0.662. The van der Waals surface area contributed by atoms with Gasteiger partial charge in [-0.2, -0.15) is 4.98 Å². The highest BCUT2D eigenvalue weighted by Crippen LogP contribution is 2.22. The third-order valence-corrected chi connectivity index (χ3v) is 4.05. The van der Waals surface area contributed by atoms with Crippen LogP contribution in [0.15, 0.2) is 60.7 Å². The third kappa shape index (κ3) is 4.57. The molecule has 4 nitrogen and oxygen atoms in total. The topological polar surface area (TPSA) is 49.8 Å². The maximum atomic E-state index is 4.65. The van der Waals surface area contributed by atoms with Crippen LogP contribution >= 0.6 is 0 Å². The van der Waals surface area contributed by atoms with Crippen LogP contribution in [-0.2, 0) is 6.54 Å². The Bertz CT molecular complexity index is 815. The van der Waals surface area contributed by atoms with Gasteiger partial charge in [0.25, 0.3) is 0 Å². The van der Waals surface area contributed by atoms with Crippen LogP contribution in [0.25, 0.3) is 11.3 Å². The molecular weight excluding hydrogens is 308 g/mol. The van der Waals surface area contributed by atoms with Crippen LogP contribution in [-0.4, -0.2) is 16.5 Å². The molecule has 0 unspecified atom stereocenters. The average Bonchev–Trinajstić information content (AvgIpc) is 2.66. The summed E-state index contributed by atoms with van der Waals surface area (Å²) in [6.45, 7) is 5.85. The molecule has 0 saturated carbocycles. The summed E-state index contributed by atoms with van der Waals surface area (Å²) in [6, 6.07) is 20.6. The second-order valence-corrected chi connectivity index (χ2v) is 6.03. The molecule has 25 heavy (non-hydrogen) atoms. The van der Waals surface area contributed by atoms with Gasteiger partial charge in [-0.25, -0.2) is 4.98 Å². The lowest BCUT2D eigenvalue weighted by molar-refractivity contribution is 0.951. The molecular formula is C21H24N4. The second-order valence-electron chi connectivity index (χ2n) is 6.03. The Hall–Kier alpha value is -2.88. The molecule has 4 heteroatoms. The van der Waals surface area contributed by atoms with Crippen LogP contribution in [0.4, 0.5) is 11.8 Å². The summed E-state index contributed by atoms with van der Waals surface area (Å²) in [7, 11) is 0. The van der Waals surface area contributed by atoms with Crippen molar-refractivity contribution in [1.29, 1.82) is 0 Å². The number of aromatic nitrogens is 2. The van der Waals surface area contributed by atoms with Gasteiger partial charge in [-0.1, -0.05) is 61.5 Å². The van der Waals surface area contributed by atoms with Crippen molar-refractivity contribution in [3.8, 4) is 11.3 Å². The Kier molecular flexibility index (Phi) is 5.62. The highest BCUT2D eigenvalue weighted by atomic mass is 15.1. The molecule has 0 aliphatic carbocycles. The molecule has 0 radical (unpaired) electrons. The Morgan fingerprint density at radius 3 is 2.40 bits per heavy atom. The maximum Gasteiger partial charge on any atom is 0.225 e. The van der Waals surface area contributed by atoms with Crippen LogP contribution in [0.1, 0.15) is 24.5 Å². The van der Waals surface area contributed by atoms with Gasteiger partial charge in [0.05, 0.1) is 5.69 Å². The number of hydrogen-bond acceptors (Lipinski definition) is 4. The minimum absolute atomic E-state index is 0.662. The Balaban J connectivity index is 1.85. The molecule has 0 fully saturated rings. The summed E-state index contributed by atoms with van der Waals surface area (Å²) in [4.78, 5) is 9.26. The number of rotatable bonds is 7. The predicted octanol–water partition coefficient (Wildman–Crippen LogP) is 4.89. The minimum Gasteiger partial charge on any atom is -0.366 e. The smallest absolute Gasteiger partial charge is 0.225 e. The molecule has 0 spiro atoms. The van der Waals surface area contributed by atoms with Crippen LogP contribution in [0, 0.1) is 6.92 Å². The molecule has 2 aromatic carbocycles. The van der Waals surface area contributed by atoms with Crippen molar-refractivity contribution < 1.29 is 0 Å². The lowest BCUT2D eigenvalue weighted by Gasteiger charge is -2.12. The summed E-state index contributed by atoms with van der Waals surface area (Å²) in [5.74, 6) is 1.49. The fourth-order valence-electron chi connectivity index (χ4n) is 2.60. The molecule has 0 amide bonds. The molecule has 0 atom stereocenters. The highest BCUT2D eigenvalue weighted by molar-refractivity contribution is 5.64. The number of benzene rings is 2. The summed E-state index contributed by atoms with van der Waals surface area (Å²) < 4.78 is 0. The van der Waals surface area contributed by atoms with Crippen molar-refractivity contribution in [2.24, 2.45) is 0 Å². The summed E-state index contributed by atoms with van der Waals surface area (Å²) in [6.07, 6.45) is 1.03. The van der Waals surface area contributed by atoms with E-state index in [2.05, 4.69) is 70.8 Å². The van der Waals surface area contributed by atoms with Crippen molar-refractivity contribution in [2.75, 3.05) is 17.2 Å². The molecule has 0 bridgehead atoms. The van der Waals surface area contributed by atoms with Crippen molar-refractivity contribution in [2.45, 2.75) is 26.8 Å². The van der Waals surface area contributed by atoms with Gasteiger partial charge in [0.1, 0.15) is 5.82 Å². The van der Waals surface area contributed by atoms with E-state index < -0.39 is 0 Å².